The highest BCUT2D eigenvalue weighted by atomic mass is 35.5. The van der Waals surface area contributed by atoms with E-state index in [-0.39, 0.29) is 30.8 Å². The number of hydrogen-bond acceptors (Lipinski definition) is 5. The summed E-state index contributed by atoms with van der Waals surface area (Å²) in [5.74, 6) is -0.565. The number of carbonyl (C=O) groups excluding carboxylic acids is 2. The van der Waals surface area contributed by atoms with Crippen LogP contribution in [0.3, 0.4) is 0 Å². The third-order valence-electron chi connectivity index (χ3n) is 5.01. The lowest BCUT2D eigenvalue weighted by atomic mass is 9.94. The van der Waals surface area contributed by atoms with Crippen LogP contribution in [0.1, 0.15) is 29.5 Å². The quantitative estimate of drug-likeness (QED) is 0.457. The molecule has 2 amide bonds. The summed E-state index contributed by atoms with van der Waals surface area (Å²) in [4.78, 5) is 36.8. The van der Waals surface area contributed by atoms with Crippen LogP contribution in [0.5, 0.6) is 0 Å². The van der Waals surface area contributed by atoms with Gasteiger partial charge in [-0.3, -0.25) is 14.9 Å². The summed E-state index contributed by atoms with van der Waals surface area (Å²) < 4.78 is 0. The smallest absolute Gasteiger partial charge is 0.330 e. The van der Waals surface area contributed by atoms with E-state index in [1.165, 1.54) is 0 Å². The zero-order valence-corrected chi connectivity index (χ0v) is 18.3. The highest BCUT2D eigenvalue weighted by Crippen LogP contribution is 2.23. The van der Waals surface area contributed by atoms with E-state index in [2.05, 4.69) is 16.0 Å². The van der Waals surface area contributed by atoms with Gasteiger partial charge < -0.3 is 15.7 Å². The first-order valence-corrected chi connectivity index (χ1v) is 11.4. The van der Waals surface area contributed by atoms with Crippen molar-refractivity contribution in [3.63, 3.8) is 0 Å². The van der Waals surface area contributed by atoms with E-state index in [0.717, 1.165) is 11.4 Å². The highest BCUT2D eigenvalue weighted by Gasteiger charge is 2.26. The fraction of sp³-hybridized carbons (Fsp3) is 0.318. The standard InChI is InChI=1S/C22H24ClN3O4S/c23-17-8-6-14(7-9-17)16(11-24-21(28)18-12-31-13-25-18)10-19(27)26-20(22(29)30)15-4-2-1-3-5-15/h1-9,16,18,20,25H,10-13H2,(H,24,28)(H,26,27)(H,29,30)/t16-,18-,20-/m0/s1. The molecule has 31 heavy (non-hydrogen) atoms. The number of amides is 2. The molecule has 9 heteroatoms. The number of benzene rings is 2. The lowest BCUT2D eigenvalue weighted by Gasteiger charge is -2.21. The molecule has 0 bridgehead atoms. The molecule has 1 fully saturated rings. The predicted molar refractivity (Wildman–Crippen MR) is 121 cm³/mol. The Morgan fingerprint density at radius 2 is 1.81 bits per heavy atom. The van der Waals surface area contributed by atoms with Gasteiger partial charge in [-0.25, -0.2) is 4.79 Å². The van der Waals surface area contributed by atoms with Crippen LogP contribution in [0.4, 0.5) is 0 Å². The molecular formula is C22H24ClN3O4S. The Morgan fingerprint density at radius 3 is 2.42 bits per heavy atom. The average Bonchev–Trinajstić information content (AvgIpc) is 3.31. The third-order valence-corrected chi connectivity index (χ3v) is 6.21. The number of rotatable bonds is 9. The second-order valence-corrected chi connectivity index (χ2v) is 8.69. The lowest BCUT2D eigenvalue weighted by Crippen LogP contribution is -2.44. The highest BCUT2D eigenvalue weighted by molar-refractivity contribution is 7.99. The molecular weight excluding hydrogens is 438 g/mol. The Kier molecular flexibility index (Phi) is 8.34. The summed E-state index contributed by atoms with van der Waals surface area (Å²) in [6.45, 7) is 0.250. The summed E-state index contributed by atoms with van der Waals surface area (Å²) in [5, 5.41) is 18.7. The van der Waals surface area contributed by atoms with E-state index >= 15 is 0 Å². The Bertz CT molecular complexity index is 905. The zero-order chi connectivity index (χ0) is 22.2. The number of halogens is 1. The second-order valence-electron chi connectivity index (χ2n) is 7.22. The number of thioether (sulfide) groups is 1. The van der Waals surface area contributed by atoms with Gasteiger partial charge in [0.2, 0.25) is 11.8 Å². The van der Waals surface area contributed by atoms with Crippen molar-refractivity contribution in [2.24, 2.45) is 0 Å². The van der Waals surface area contributed by atoms with Crippen LogP contribution in [0.2, 0.25) is 5.02 Å². The number of hydrogen-bond donors (Lipinski definition) is 4. The molecule has 0 aromatic heterocycles. The van der Waals surface area contributed by atoms with E-state index in [0.29, 0.717) is 16.3 Å². The van der Waals surface area contributed by atoms with Gasteiger partial charge in [0.05, 0.1) is 6.04 Å². The molecule has 1 heterocycles. The fourth-order valence-corrected chi connectivity index (χ4v) is 4.40. The Labute approximate surface area is 189 Å². The average molecular weight is 462 g/mol. The first-order chi connectivity index (χ1) is 14.9. The molecule has 1 aliphatic rings. The molecule has 2 aromatic rings. The van der Waals surface area contributed by atoms with Crippen LogP contribution in [-0.4, -0.2) is 47.1 Å². The Morgan fingerprint density at radius 1 is 1.10 bits per heavy atom. The van der Waals surface area contributed by atoms with E-state index in [9.17, 15) is 19.5 Å². The van der Waals surface area contributed by atoms with Gasteiger partial charge in [0.25, 0.3) is 0 Å². The minimum atomic E-state index is -1.14. The van der Waals surface area contributed by atoms with Crippen LogP contribution in [0.25, 0.3) is 0 Å². The van der Waals surface area contributed by atoms with Gasteiger partial charge in [0.1, 0.15) is 0 Å². The molecule has 1 saturated heterocycles. The number of carboxylic acid groups (broad SMARTS) is 1. The van der Waals surface area contributed by atoms with Crippen molar-refractivity contribution in [3.8, 4) is 0 Å². The van der Waals surface area contributed by atoms with Gasteiger partial charge in [-0.05, 0) is 23.3 Å². The van der Waals surface area contributed by atoms with Crippen molar-refractivity contribution in [1.29, 1.82) is 0 Å². The fourth-order valence-electron chi connectivity index (χ4n) is 3.33. The monoisotopic (exact) mass is 461 g/mol. The maximum Gasteiger partial charge on any atom is 0.330 e. The molecule has 3 rings (SSSR count). The summed E-state index contributed by atoms with van der Waals surface area (Å²) >= 11 is 7.64. The van der Waals surface area contributed by atoms with Crippen molar-refractivity contribution in [2.75, 3.05) is 18.2 Å². The van der Waals surface area contributed by atoms with E-state index in [1.807, 2.05) is 12.1 Å². The van der Waals surface area contributed by atoms with Gasteiger partial charge >= 0.3 is 5.97 Å². The first-order valence-electron chi connectivity index (χ1n) is 9.85. The predicted octanol–water partition coefficient (Wildman–Crippen LogP) is 2.53. The van der Waals surface area contributed by atoms with Crippen molar-refractivity contribution in [2.45, 2.75) is 24.4 Å². The molecule has 0 aliphatic carbocycles. The van der Waals surface area contributed by atoms with Gasteiger partial charge in [0.15, 0.2) is 6.04 Å². The number of nitrogens with one attached hydrogen (secondary N) is 3. The van der Waals surface area contributed by atoms with Gasteiger partial charge in [0, 0.05) is 35.5 Å². The van der Waals surface area contributed by atoms with Crippen LogP contribution in [-0.2, 0) is 14.4 Å². The van der Waals surface area contributed by atoms with Crippen LogP contribution in [0.15, 0.2) is 54.6 Å². The van der Waals surface area contributed by atoms with Crippen LogP contribution >= 0.6 is 23.4 Å². The minimum absolute atomic E-state index is 0.0192. The van der Waals surface area contributed by atoms with Crippen molar-refractivity contribution in [3.05, 3.63) is 70.7 Å². The van der Waals surface area contributed by atoms with Crippen LogP contribution < -0.4 is 16.0 Å². The Balaban J connectivity index is 1.69. The molecule has 0 spiro atoms. The maximum atomic E-state index is 12.8. The van der Waals surface area contributed by atoms with Crippen LogP contribution in [0, 0.1) is 0 Å². The molecule has 3 atom stereocenters. The topological polar surface area (TPSA) is 108 Å². The normalized spacial score (nSPS) is 17.5. The molecule has 0 saturated carbocycles. The lowest BCUT2D eigenvalue weighted by molar-refractivity contribution is -0.142. The van der Waals surface area contributed by atoms with E-state index in [1.54, 1.807) is 54.2 Å². The minimum Gasteiger partial charge on any atom is -0.479 e. The second kappa shape index (κ2) is 11.2. The molecule has 2 aromatic carbocycles. The summed E-state index contributed by atoms with van der Waals surface area (Å²) in [5.41, 5.74) is 1.32. The van der Waals surface area contributed by atoms with Gasteiger partial charge in [-0.15, -0.1) is 11.8 Å². The number of carbonyl (C=O) groups is 3. The van der Waals surface area contributed by atoms with Crippen molar-refractivity contribution in [1.82, 2.24) is 16.0 Å². The first kappa shape index (κ1) is 23.1. The summed E-state index contributed by atoms with van der Waals surface area (Å²) in [7, 11) is 0. The van der Waals surface area contributed by atoms with Gasteiger partial charge in [-0.2, -0.15) is 0 Å². The molecule has 4 N–H and O–H groups in total. The molecule has 0 unspecified atom stereocenters. The summed E-state index contributed by atoms with van der Waals surface area (Å²) in [6.07, 6.45) is 0.0192. The third kappa shape index (κ3) is 6.72. The largest absolute Gasteiger partial charge is 0.479 e. The number of carboxylic acids is 1. The zero-order valence-electron chi connectivity index (χ0n) is 16.7. The molecule has 0 radical (unpaired) electrons. The molecule has 1 aliphatic heterocycles. The maximum absolute atomic E-state index is 12.8. The summed E-state index contributed by atoms with van der Waals surface area (Å²) in [6, 6.07) is 14.2. The van der Waals surface area contributed by atoms with E-state index in [4.69, 9.17) is 11.6 Å². The number of aliphatic carboxylic acids is 1. The van der Waals surface area contributed by atoms with Crippen molar-refractivity contribution < 1.29 is 19.5 Å². The SMILES string of the molecule is O=C(C[C@@H](CNC(=O)[C@@H]1CSCN1)c1ccc(Cl)cc1)N[C@H](C(=O)O)c1ccccc1. The van der Waals surface area contributed by atoms with E-state index < -0.39 is 17.9 Å². The molecule has 164 valence electrons. The molecule has 7 nitrogen and oxygen atoms in total. The Hall–Kier alpha value is -2.55. The van der Waals surface area contributed by atoms with Crippen molar-refractivity contribution >= 4 is 41.1 Å². The van der Waals surface area contributed by atoms with Gasteiger partial charge in [-0.1, -0.05) is 54.1 Å².